The van der Waals surface area contributed by atoms with E-state index in [0.29, 0.717) is 11.3 Å². The van der Waals surface area contributed by atoms with Gasteiger partial charge in [-0.25, -0.2) is 0 Å². The fraction of sp³-hybridized carbons (Fsp3) is 0.176. The first-order valence-electron chi connectivity index (χ1n) is 7.40. The average molecular weight is 362 g/mol. The van der Waals surface area contributed by atoms with Crippen molar-refractivity contribution < 1.29 is 14.5 Å². The molecule has 0 spiro atoms. The lowest BCUT2D eigenvalue weighted by atomic mass is 10.1. The summed E-state index contributed by atoms with van der Waals surface area (Å²) in [6, 6.07) is 9.92. The van der Waals surface area contributed by atoms with Crippen LogP contribution in [0.15, 0.2) is 42.5 Å². The number of nitrogens with one attached hydrogen (secondary N) is 2. The number of nitro benzene ring substituents is 1. The van der Waals surface area contributed by atoms with Crippen molar-refractivity contribution in [2.24, 2.45) is 0 Å². The van der Waals surface area contributed by atoms with Gasteiger partial charge in [0.2, 0.25) is 5.91 Å². The second-order valence-corrected chi connectivity index (χ2v) is 5.82. The molecule has 8 heteroatoms. The Kier molecular flexibility index (Phi) is 5.71. The Hall–Kier alpha value is -2.93. The van der Waals surface area contributed by atoms with Crippen molar-refractivity contribution in [2.75, 3.05) is 10.6 Å². The first-order chi connectivity index (χ1) is 11.8. The number of nitrogens with zero attached hydrogens (tertiary/aromatic N) is 1. The van der Waals surface area contributed by atoms with E-state index >= 15 is 0 Å². The van der Waals surface area contributed by atoms with Crippen LogP contribution in [-0.2, 0) is 4.79 Å². The van der Waals surface area contributed by atoms with E-state index in [2.05, 4.69) is 10.6 Å². The van der Waals surface area contributed by atoms with Crippen LogP contribution in [-0.4, -0.2) is 22.7 Å². The number of carbonyl (C=O) groups excluding carboxylic acids is 2. The minimum absolute atomic E-state index is 0.0795. The minimum atomic E-state index is -0.655. The Morgan fingerprint density at radius 1 is 1.20 bits per heavy atom. The molecule has 1 unspecified atom stereocenters. The maximum Gasteiger partial charge on any atom is 0.271 e. The summed E-state index contributed by atoms with van der Waals surface area (Å²) < 4.78 is 0. The van der Waals surface area contributed by atoms with Crippen molar-refractivity contribution in [2.45, 2.75) is 19.9 Å². The van der Waals surface area contributed by atoms with E-state index in [1.54, 1.807) is 31.2 Å². The summed E-state index contributed by atoms with van der Waals surface area (Å²) >= 11 is 5.97. The number of rotatable bonds is 6. The lowest BCUT2D eigenvalue weighted by molar-refractivity contribution is -0.384. The monoisotopic (exact) mass is 361 g/mol. The molecular weight excluding hydrogens is 346 g/mol. The molecule has 2 rings (SSSR count). The zero-order chi connectivity index (χ0) is 18.6. The van der Waals surface area contributed by atoms with Crippen LogP contribution in [0.4, 0.5) is 17.1 Å². The number of hydrogen-bond acceptors (Lipinski definition) is 5. The van der Waals surface area contributed by atoms with Gasteiger partial charge in [-0.2, -0.15) is 0 Å². The smallest absolute Gasteiger partial charge is 0.271 e. The largest absolute Gasteiger partial charge is 0.374 e. The molecule has 130 valence electrons. The number of halogens is 1. The van der Waals surface area contributed by atoms with Crippen LogP contribution < -0.4 is 10.6 Å². The highest BCUT2D eigenvalue weighted by Crippen LogP contribution is 2.27. The number of Topliss-reactive ketones (excluding diaryl/α,β-unsaturated/α-hetero) is 1. The molecule has 0 radical (unpaired) electrons. The summed E-state index contributed by atoms with van der Waals surface area (Å²) in [6.07, 6.45) is 0. The van der Waals surface area contributed by atoms with E-state index in [9.17, 15) is 19.7 Å². The van der Waals surface area contributed by atoms with Crippen molar-refractivity contribution >= 4 is 40.4 Å². The van der Waals surface area contributed by atoms with E-state index in [1.165, 1.54) is 25.1 Å². The number of anilines is 2. The van der Waals surface area contributed by atoms with Crippen molar-refractivity contribution in [3.63, 3.8) is 0 Å². The van der Waals surface area contributed by atoms with Crippen LogP contribution >= 0.6 is 11.6 Å². The standard InChI is InChI=1S/C17H16ClN3O4/c1-10(19-13-5-3-4-12(8-13)11(2)22)17(23)20-16-9-14(21(24)25)6-7-15(16)18/h3-10,19H,1-2H3,(H,20,23). The molecule has 0 heterocycles. The third-order valence-electron chi connectivity index (χ3n) is 3.46. The van der Waals surface area contributed by atoms with Gasteiger partial charge in [-0.15, -0.1) is 0 Å². The molecule has 1 amide bonds. The predicted octanol–water partition coefficient (Wildman–Crippen LogP) is 3.89. The van der Waals surface area contributed by atoms with Gasteiger partial charge in [0.15, 0.2) is 5.78 Å². The van der Waals surface area contributed by atoms with Crippen LogP contribution in [0.2, 0.25) is 5.02 Å². The van der Waals surface area contributed by atoms with E-state index < -0.39 is 16.9 Å². The molecule has 2 aromatic carbocycles. The molecule has 0 aromatic heterocycles. The van der Waals surface area contributed by atoms with Crippen molar-refractivity contribution in [3.8, 4) is 0 Å². The SMILES string of the molecule is CC(=O)c1cccc(NC(C)C(=O)Nc2cc([N+](=O)[O-])ccc2Cl)c1. The van der Waals surface area contributed by atoms with Gasteiger partial charge in [0, 0.05) is 23.4 Å². The zero-order valence-corrected chi connectivity index (χ0v) is 14.3. The van der Waals surface area contributed by atoms with Gasteiger partial charge in [-0.05, 0) is 32.0 Å². The van der Waals surface area contributed by atoms with Gasteiger partial charge < -0.3 is 10.6 Å². The first kappa shape index (κ1) is 18.4. The fourth-order valence-electron chi connectivity index (χ4n) is 2.11. The molecule has 0 aliphatic rings. The highest BCUT2D eigenvalue weighted by atomic mass is 35.5. The van der Waals surface area contributed by atoms with Crippen molar-refractivity contribution in [1.29, 1.82) is 0 Å². The average Bonchev–Trinajstić information content (AvgIpc) is 2.56. The highest BCUT2D eigenvalue weighted by Gasteiger charge is 2.17. The number of ketones is 1. The topological polar surface area (TPSA) is 101 Å². The molecule has 1 atom stereocenters. The number of non-ortho nitro benzene ring substituents is 1. The molecule has 0 bridgehead atoms. The molecule has 0 fully saturated rings. The summed E-state index contributed by atoms with van der Waals surface area (Å²) in [6.45, 7) is 3.08. The maximum atomic E-state index is 12.3. The molecule has 0 aliphatic carbocycles. The second-order valence-electron chi connectivity index (χ2n) is 5.41. The summed E-state index contributed by atoms with van der Waals surface area (Å²) in [4.78, 5) is 34.0. The number of amides is 1. The quantitative estimate of drug-likeness (QED) is 0.461. The molecular formula is C17H16ClN3O4. The molecule has 0 saturated heterocycles. The molecule has 7 nitrogen and oxygen atoms in total. The summed E-state index contributed by atoms with van der Waals surface area (Å²) in [5, 5.41) is 16.6. The van der Waals surface area contributed by atoms with Crippen molar-refractivity contribution in [3.05, 3.63) is 63.2 Å². The van der Waals surface area contributed by atoms with Crippen LogP contribution in [0, 0.1) is 10.1 Å². The lowest BCUT2D eigenvalue weighted by Gasteiger charge is -2.16. The number of carbonyl (C=O) groups is 2. The third-order valence-corrected chi connectivity index (χ3v) is 3.79. The molecule has 0 saturated carbocycles. The maximum absolute atomic E-state index is 12.3. The Labute approximate surface area is 149 Å². The van der Waals surface area contributed by atoms with Gasteiger partial charge in [0.25, 0.3) is 5.69 Å². The third kappa shape index (κ3) is 4.77. The number of hydrogen-bond donors (Lipinski definition) is 2. The Bertz CT molecular complexity index is 838. The van der Waals surface area contributed by atoms with Crippen molar-refractivity contribution in [1.82, 2.24) is 0 Å². The lowest BCUT2D eigenvalue weighted by Crippen LogP contribution is -2.32. The van der Waals surface area contributed by atoms with Crippen LogP contribution in [0.1, 0.15) is 24.2 Å². The summed E-state index contributed by atoms with van der Waals surface area (Å²) in [5.74, 6) is -0.500. The Morgan fingerprint density at radius 2 is 1.92 bits per heavy atom. The predicted molar refractivity (Wildman–Crippen MR) is 96.3 cm³/mol. The summed E-state index contributed by atoms with van der Waals surface area (Å²) in [5.41, 5.74) is 1.13. The Morgan fingerprint density at radius 3 is 2.56 bits per heavy atom. The Balaban J connectivity index is 2.10. The molecule has 2 N–H and O–H groups in total. The first-order valence-corrected chi connectivity index (χ1v) is 7.78. The molecule has 0 aliphatic heterocycles. The highest BCUT2D eigenvalue weighted by molar-refractivity contribution is 6.33. The molecule has 2 aromatic rings. The van der Waals surface area contributed by atoms with E-state index in [-0.39, 0.29) is 22.2 Å². The number of benzene rings is 2. The fourth-order valence-corrected chi connectivity index (χ4v) is 2.27. The van der Waals surface area contributed by atoms with Gasteiger partial charge in [0.05, 0.1) is 15.6 Å². The van der Waals surface area contributed by atoms with Gasteiger partial charge >= 0.3 is 0 Å². The van der Waals surface area contributed by atoms with E-state index in [0.717, 1.165) is 0 Å². The van der Waals surface area contributed by atoms with Crippen LogP contribution in [0.5, 0.6) is 0 Å². The number of nitro groups is 1. The zero-order valence-electron chi connectivity index (χ0n) is 13.6. The van der Waals surface area contributed by atoms with Crippen LogP contribution in [0.25, 0.3) is 0 Å². The normalized spacial score (nSPS) is 11.5. The molecule has 25 heavy (non-hydrogen) atoms. The van der Waals surface area contributed by atoms with Crippen LogP contribution in [0.3, 0.4) is 0 Å². The van der Waals surface area contributed by atoms with E-state index in [1.807, 2.05) is 0 Å². The minimum Gasteiger partial charge on any atom is -0.374 e. The second kappa shape index (κ2) is 7.76. The van der Waals surface area contributed by atoms with Gasteiger partial charge in [-0.1, -0.05) is 23.7 Å². The van der Waals surface area contributed by atoms with Gasteiger partial charge in [-0.3, -0.25) is 19.7 Å². The van der Waals surface area contributed by atoms with E-state index in [4.69, 9.17) is 11.6 Å². The van der Waals surface area contributed by atoms with Gasteiger partial charge in [0.1, 0.15) is 6.04 Å². The summed E-state index contributed by atoms with van der Waals surface area (Å²) in [7, 11) is 0.